The number of carbonyl (C=O) groups is 3. The Balaban J connectivity index is 1.54. The zero-order valence-electron chi connectivity index (χ0n) is 20.7. The quantitative estimate of drug-likeness (QED) is 0.419. The number of carbonyl (C=O) groups excluding carboxylic acids is 3. The van der Waals surface area contributed by atoms with E-state index in [1.807, 2.05) is 0 Å². The van der Waals surface area contributed by atoms with Crippen LogP contribution in [-0.4, -0.2) is 34.6 Å². The molecule has 0 aliphatic rings. The van der Waals surface area contributed by atoms with Gasteiger partial charge in [0.25, 0.3) is 11.8 Å². The van der Waals surface area contributed by atoms with E-state index in [-0.39, 0.29) is 18.4 Å². The van der Waals surface area contributed by atoms with Crippen LogP contribution in [0, 0.1) is 0 Å². The monoisotopic (exact) mass is 490 g/mol. The van der Waals surface area contributed by atoms with Gasteiger partial charge in [-0.25, -0.2) is 4.79 Å². The topological polar surface area (TPSA) is 119 Å². The largest absolute Gasteiger partial charge is 0.479 e. The van der Waals surface area contributed by atoms with Crippen molar-refractivity contribution in [3.63, 3.8) is 0 Å². The predicted molar refractivity (Wildman–Crippen MR) is 137 cm³/mol. The van der Waals surface area contributed by atoms with Crippen molar-refractivity contribution in [3.8, 4) is 5.75 Å². The molecule has 0 spiro atoms. The molecule has 188 valence electrons. The third-order valence-corrected chi connectivity index (χ3v) is 4.81. The zero-order chi connectivity index (χ0) is 26.1. The Kier molecular flexibility index (Phi) is 8.61. The van der Waals surface area contributed by atoms with E-state index >= 15 is 0 Å². The van der Waals surface area contributed by atoms with Crippen LogP contribution >= 0.6 is 0 Å². The molecular weight excluding hydrogens is 460 g/mol. The minimum absolute atomic E-state index is 0.269. The molecule has 3 aromatic rings. The summed E-state index contributed by atoms with van der Waals surface area (Å²) in [6, 6.07) is 17.1. The second kappa shape index (κ2) is 11.8. The zero-order valence-corrected chi connectivity index (χ0v) is 20.7. The van der Waals surface area contributed by atoms with E-state index in [9.17, 15) is 14.4 Å². The number of amides is 3. The summed E-state index contributed by atoms with van der Waals surface area (Å²) in [4.78, 5) is 41.2. The molecule has 3 amide bonds. The van der Waals surface area contributed by atoms with Crippen molar-refractivity contribution in [1.29, 1.82) is 0 Å². The minimum atomic E-state index is -0.686. The number of ether oxygens (including phenoxy) is 2. The highest BCUT2D eigenvalue weighted by Crippen LogP contribution is 2.23. The average Bonchev–Trinajstić information content (AvgIpc) is 2.83. The first-order chi connectivity index (χ1) is 17.1. The summed E-state index contributed by atoms with van der Waals surface area (Å²) in [6.45, 7) is 7.25. The number of pyridine rings is 1. The molecule has 1 aromatic heterocycles. The van der Waals surface area contributed by atoms with Crippen LogP contribution in [0.5, 0.6) is 5.75 Å². The van der Waals surface area contributed by atoms with Crippen LogP contribution in [-0.2, 0) is 16.1 Å². The van der Waals surface area contributed by atoms with E-state index < -0.39 is 17.8 Å². The van der Waals surface area contributed by atoms with E-state index in [2.05, 4.69) is 20.9 Å². The van der Waals surface area contributed by atoms with Gasteiger partial charge in [0.05, 0.1) is 17.6 Å². The lowest BCUT2D eigenvalue weighted by atomic mass is 10.1. The van der Waals surface area contributed by atoms with Crippen molar-refractivity contribution in [3.05, 3.63) is 84.2 Å². The van der Waals surface area contributed by atoms with E-state index in [1.165, 1.54) is 0 Å². The molecule has 9 heteroatoms. The molecule has 3 N–H and O–H groups in total. The average molecular weight is 491 g/mol. The van der Waals surface area contributed by atoms with Gasteiger partial charge in [0, 0.05) is 18.3 Å². The van der Waals surface area contributed by atoms with Crippen molar-refractivity contribution < 1.29 is 23.9 Å². The van der Waals surface area contributed by atoms with Crippen LogP contribution in [0.1, 0.15) is 43.6 Å². The summed E-state index contributed by atoms with van der Waals surface area (Å²) in [6.07, 6.45) is 1.87. The molecule has 9 nitrogen and oxygen atoms in total. The summed E-state index contributed by atoms with van der Waals surface area (Å²) < 4.78 is 10.8. The highest BCUT2D eigenvalue weighted by molar-refractivity contribution is 6.06. The fraction of sp³-hybridized carbons (Fsp3) is 0.259. The number of aromatic nitrogens is 1. The number of nitrogens with zero attached hydrogens (tertiary/aromatic N) is 1. The van der Waals surface area contributed by atoms with Crippen LogP contribution in [0.2, 0.25) is 0 Å². The molecule has 0 aliphatic carbocycles. The predicted octanol–water partition coefficient (Wildman–Crippen LogP) is 4.76. The third kappa shape index (κ3) is 8.12. The van der Waals surface area contributed by atoms with Gasteiger partial charge in [-0.3, -0.25) is 19.9 Å². The molecule has 1 atom stereocenters. The van der Waals surface area contributed by atoms with Gasteiger partial charge in [0.15, 0.2) is 6.10 Å². The van der Waals surface area contributed by atoms with Gasteiger partial charge in [0.1, 0.15) is 11.4 Å². The second-order valence-electron chi connectivity index (χ2n) is 8.99. The highest BCUT2D eigenvalue weighted by atomic mass is 16.6. The summed E-state index contributed by atoms with van der Waals surface area (Å²) in [5.74, 6) is -0.101. The van der Waals surface area contributed by atoms with E-state index in [4.69, 9.17) is 9.47 Å². The first-order valence-electron chi connectivity index (χ1n) is 11.4. The van der Waals surface area contributed by atoms with Crippen molar-refractivity contribution in [1.82, 2.24) is 10.3 Å². The SMILES string of the molecule is CC(Oc1cccnc1)C(=O)NCc1ccc(C(=O)Nc2ccccc2NC(=O)OC(C)(C)C)cc1. The van der Waals surface area contributed by atoms with Crippen molar-refractivity contribution in [2.45, 2.75) is 45.9 Å². The maximum atomic E-state index is 12.8. The molecule has 0 saturated heterocycles. The molecule has 1 unspecified atom stereocenters. The van der Waals surface area contributed by atoms with Crippen LogP contribution in [0.15, 0.2) is 73.1 Å². The molecule has 0 aliphatic heterocycles. The fourth-order valence-corrected chi connectivity index (χ4v) is 3.09. The van der Waals surface area contributed by atoms with E-state index in [0.29, 0.717) is 22.7 Å². The standard InChI is InChI=1S/C27H30N4O5/c1-18(35-21-8-7-15-28-17-21)24(32)29-16-19-11-13-20(14-12-19)25(33)30-22-9-5-6-10-23(22)31-26(34)36-27(2,3)4/h5-15,17-18H,16H2,1-4H3,(H,29,32)(H,30,33)(H,31,34). The van der Waals surface area contributed by atoms with Crippen molar-refractivity contribution in [2.75, 3.05) is 10.6 Å². The smallest absolute Gasteiger partial charge is 0.412 e. The van der Waals surface area contributed by atoms with E-state index in [1.54, 1.807) is 101 Å². The number of benzene rings is 2. The molecule has 2 aromatic carbocycles. The Bertz CT molecular complexity index is 1190. The minimum Gasteiger partial charge on any atom is -0.479 e. The Morgan fingerprint density at radius 1 is 0.917 bits per heavy atom. The number of rotatable bonds is 8. The first-order valence-corrected chi connectivity index (χ1v) is 11.4. The summed E-state index contributed by atoms with van der Waals surface area (Å²) in [5.41, 5.74) is 1.45. The lowest BCUT2D eigenvalue weighted by Gasteiger charge is -2.20. The molecule has 36 heavy (non-hydrogen) atoms. The third-order valence-electron chi connectivity index (χ3n) is 4.81. The van der Waals surface area contributed by atoms with E-state index in [0.717, 1.165) is 5.56 Å². The van der Waals surface area contributed by atoms with Crippen LogP contribution in [0.4, 0.5) is 16.2 Å². The number of hydrogen-bond donors (Lipinski definition) is 3. The van der Waals surface area contributed by atoms with Crippen molar-refractivity contribution in [2.24, 2.45) is 0 Å². The van der Waals surface area contributed by atoms with Gasteiger partial charge >= 0.3 is 6.09 Å². The highest BCUT2D eigenvalue weighted by Gasteiger charge is 2.18. The normalized spacial score (nSPS) is 11.7. The molecule has 0 saturated carbocycles. The molecule has 1 heterocycles. The number of hydrogen-bond acceptors (Lipinski definition) is 6. The maximum Gasteiger partial charge on any atom is 0.412 e. The number of nitrogens with one attached hydrogen (secondary N) is 3. The van der Waals surface area contributed by atoms with Gasteiger partial charge in [-0.15, -0.1) is 0 Å². The Morgan fingerprint density at radius 3 is 2.19 bits per heavy atom. The summed E-state index contributed by atoms with van der Waals surface area (Å²) >= 11 is 0. The van der Waals surface area contributed by atoms with Crippen LogP contribution in [0.3, 0.4) is 0 Å². The molecule has 0 fully saturated rings. The molecule has 0 bridgehead atoms. The van der Waals surface area contributed by atoms with Gasteiger partial charge in [-0.05, 0) is 69.7 Å². The Labute approximate surface area is 210 Å². The summed E-state index contributed by atoms with van der Waals surface area (Å²) in [7, 11) is 0. The number of para-hydroxylation sites is 2. The lowest BCUT2D eigenvalue weighted by molar-refractivity contribution is -0.127. The van der Waals surface area contributed by atoms with Crippen LogP contribution in [0.25, 0.3) is 0 Å². The van der Waals surface area contributed by atoms with Crippen molar-refractivity contribution >= 4 is 29.3 Å². The van der Waals surface area contributed by atoms with Gasteiger partial charge in [-0.2, -0.15) is 0 Å². The Morgan fingerprint density at radius 2 is 1.58 bits per heavy atom. The fourth-order valence-electron chi connectivity index (χ4n) is 3.09. The molecular formula is C27H30N4O5. The van der Waals surface area contributed by atoms with Gasteiger partial charge < -0.3 is 20.1 Å². The van der Waals surface area contributed by atoms with Gasteiger partial charge in [-0.1, -0.05) is 24.3 Å². The Hall–Kier alpha value is -4.40. The first kappa shape index (κ1) is 26.2. The maximum absolute atomic E-state index is 12.8. The molecule has 0 radical (unpaired) electrons. The summed E-state index contributed by atoms with van der Waals surface area (Å²) in [5, 5.41) is 8.27. The number of anilines is 2. The van der Waals surface area contributed by atoms with Crippen LogP contribution < -0.4 is 20.7 Å². The second-order valence-corrected chi connectivity index (χ2v) is 8.99. The molecule has 3 rings (SSSR count). The van der Waals surface area contributed by atoms with Gasteiger partial charge in [0.2, 0.25) is 0 Å². The lowest BCUT2D eigenvalue weighted by Crippen LogP contribution is -2.35.